The first-order valence-corrected chi connectivity index (χ1v) is 5.13. The molecule has 1 heterocycles. The molecule has 0 spiro atoms. The molecule has 1 unspecified atom stereocenters. The van der Waals surface area contributed by atoms with Gasteiger partial charge in [-0.1, -0.05) is 13.8 Å². The number of ether oxygens (including phenoxy) is 1. The summed E-state index contributed by atoms with van der Waals surface area (Å²) in [5.41, 5.74) is -0.618. The molecule has 0 radical (unpaired) electrons. The summed E-state index contributed by atoms with van der Waals surface area (Å²) in [6.07, 6.45) is 1.83. The summed E-state index contributed by atoms with van der Waals surface area (Å²) < 4.78 is 5.25. The van der Waals surface area contributed by atoms with Crippen LogP contribution in [0.4, 0.5) is 0 Å². The smallest absolute Gasteiger partial charge is 0.100 e. The van der Waals surface area contributed by atoms with Crippen molar-refractivity contribution < 1.29 is 9.84 Å². The Kier molecular flexibility index (Phi) is 4.16. The minimum atomic E-state index is -0.618. The average molecular weight is 187 g/mol. The summed E-state index contributed by atoms with van der Waals surface area (Å²) in [5, 5.41) is 13.3. The van der Waals surface area contributed by atoms with E-state index in [0.29, 0.717) is 19.1 Å². The van der Waals surface area contributed by atoms with Gasteiger partial charge in [-0.3, -0.25) is 0 Å². The highest BCUT2D eigenvalue weighted by atomic mass is 16.5. The van der Waals surface area contributed by atoms with Crippen LogP contribution < -0.4 is 5.32 Å². The molecule has 0 amide bonds. The van der Waals surface area contributed by atoms with Crippen molar-refractivity contribution in [2.24, 2.45) is 5.92 Å². The zero-order valence-electron chi connectivity index (χ0n) is 8.68. The second kappa shape index (κ2) is 4.94. The van der Waals surface area contributed by atoms with E-state index in [1.54, 1.807) is 0 Å². The quantitative estimate of drug-likeness (QED) is 0.683. The fraction of sp³-hybridized carbons (Fsp3) is 1.00. The summed E-state index contributed by atoms with van der Waals surface area (Å²) in [6, 6.07) is 0. The van der Waals surface area contributed by atoms with Gasteiger partial charge in [0.1, 0.15) is 5.60 Å². The van der Waals surface area contributed by atoms with Crippen LogP contribution in [0.15, 0.2) is 0 Å². The number of nitrogens with one attached hydrogen (secondary N) is 1. The molecule has 78 valence electrons. The predicted octanol–water partition coefficient (Wildman–Crippen LogP) is 0.773. The molecule has 0 saturated carbocycles. The second-order valence-electron chi connectivity index (χ2n) is 4.41. The van der Waals surface area contributed by atoms with Gasteiger partial charge in [0.05, 0.1) is 6.61 Å². The van der Waals surface area contributed by atoms with Crippen LogP contribution in [0.2, 0.25) is 0 Å². The summed E-state index contributed by atoms with van der Waals surface area (Å²) in [6.45, 7) is 7.22. The lowest BCUT2D eigenvalue weighted by atomic mass is 9.96. The topological polar surface area (TPSA) is 41.5 Å². The number of hydrogen-bond acceptors (Lipinski definition) is 3. The molecule has 0 aromatic rings. The Hall–Kier alpha value is -0.120. The molecule has 1 atom stereocenters. The Morgan fingerprint density at radius 1 is 1.54 bits per heavy atom. The number of hydrogen-bond donors (Lipinski definition) is 2. The monoisotopic (exact) mass is 187 g/mol. The van der Waals surface area contributed by atoms with Crippen molar-refractivity contribution in [2.45, 2.75) is 32.3 Å². The summed E-state index contributed by atoms with van der Waals surface area (Å²) in [5.74, 6) is 0.633. The normalized spacial score (nSPS) is 29.5. The molecular weight excluding hydrogens is 166 g/mol. The van der Waals surface area contributed by atoms with E-state index >= 15 is 0 Å². The van der Waals surface area contributed by atoms with Gasteiger partial charge in [0.15, 0.2) is 0 Å². The van der Waals surface area contributed by atoms with Crippen molar-refractivity contribution in [3.05, 3.63) is 0 Å². The Bertz CT molecular complexity index is 142. The Morgan fingerprint density at radius 2 is 2.31 bits per heavy atom. The minimum absolute atomic E-state index is 0.484. The highest BCUT2D eigenvalue weighted by Gasteiger charge is 2.29. The van der Waals surface area contributed by atoms with Crippen molar-refractivity contribution in [3.8, 4) is 0 Å². The first-order valence-electron chi connectivity index (χ1n) is 5.13. The highest BCUT2D eigenvalue weighted by molar-refractivity contribution is 4.83. The van der Waals surface area contributed by atoms with E-state index in [4.69, 9.17) is 4.74 Å². The second-order valence-corrected chi connectivity index (χ2v) is 4.41. The Labute approximate surface area is 80.5 Å². The average Bonchev–Trinajstić information content (AvgIpc) is 2.04. The maximum atomic E-state index is 10.00. The van der Waals surface area contributed by atoms with Gasteiger partial charge in [-0.2, -0.15) is 0 Å². The van der Waals surface area contributed by atoms with Crippen molar-refractivity contribution in [1.82, 2.24) is 5.32 Å². The van der Waals surface area contributed by atoms with E-state index in [1.165, 1.54) is 0 Å². The lowest BCUT2D eigenvalue weighted by Gasteiger charge is -2.32. The van der Waals surface area contributed by atoms with Gasteiger partial charge in [-0.15, -0.1) is 0 Å². The highest BCUT2D eigenvalue weighted by Crippen LogP contribution is 2.17. The third-order valence-corrected chi connectivity index (χ3v) is 2.31. The van der Waals surface area contributed by atoms with E-state index in [0.717, 1.165) is 26.0 Å². The number of rotatable bonds is 4. The molecule has 0 aliphatic carbocycles. The van der Waals surface area contributed by atoms with Gasteiger partial charge in [0, 0.05) is 13.2 Å². The van der Waals surface area contributed by atoms with Crippen LogP contribution in [0, 0.1) is 5.92 Å². The van der Waals surface area contributed by atoms with Gasteiger partial charge >= 0.3 is 0 Å². The molecule has 3 nitrogen and oxygen atoms in total. The zero-order chi connectivity index (χ0) is 9.73. The molecule has 1 saturated heterocycles. The molecule has 0 aromatic carbocycles. The van der Waals surface area contributed by atoms with Crippen molar-refractivity contribution >= 4 is 0 Å². The molecule has 1 fully saturated rings. The predicted molar refractivity (Wildman–Crippen MR) is 52.7 cm³/mol. The number of aliphatic hydroxyl groups is 1. The molecule has 1 aliphatic rings. The van der Waals surface area contributed by atoms with Crippen LogP contribution >= 0.6 is 0 Å². The van der Waals surface area contributed by atoms with Crippen molar-refractivity contribution in [1.29, 1.82) is 0 Å². The van der Waals surface area contributed by atoms with Crippen molar-refractivity contribution in [2.75, 3.05) is 26.3 Å². The summed E-state index contributed by atoms with van der Waals surface area (Å²) in [4.78, 5) is 0. The van der Waals surface area contributed by atoms with E-state index in [-0.39, 0.29) is 0 Å². The maximum Gasteiger partial charge on any atom is 0.100 e. The third-order valence-electron chi connectivity index (χ3n) is 2.31. The van der Waals surface area contributed by atoms with E-state index in [1.807, 2.05) is 0 Å². The van der Waals surface area contributed by atoms with Crippen molar-refractivity contribution in [3.63, 3.8) is 0 Å². The molecule has 1 rings (SSSR count). The lowest BCUT2D eigenvalue weighted by molar-refractivity contribution is -0.0833. The SMILES string of the molecule is CC(C)CNCC1(O)CCCOC1. The minimum Gasteiger partial charge on any atom is -0.386 e. The maximum absolute atomic E-state index is 10.00. The van der Waals surface area contributed by atoms with Crippen LogP contribution in [0.25, 0.3) is 0 Å². The molecule has 0 aromatic heterocycles. The van der Waals surface area contributed by atoms with Gasteiger partial charge in [-0.05, 0) is 25.3 Å². The Morgan fingerprint density at radius 3 is 2.85 bits per heavy atom. The zero-order valence-corrected chi connectivity index (χ0v) is 8.68. The fourth-order valence-corrected chi connectivity index (χ4v) is 1.57. The first kappa shape index (κ1) is 11.0. The molecule has 2 N–H and O–H groups in total. The Balaban J connectivity index is 2.17. The molecule has 1 aliphatic heterocycles. The standard InChI is InChI=1S/C10H21NO2/c1-9(2)6-11-7-10(12)4-3-5-13-8-10/h9,11-12H,3-8H2,1-2H3. The molecule has 0 bridgehead atoms. The van der Waals surface area contributed by atoms with Crippen LogP contribution in [0.1, 0.15) is 26.7 Å². The molecule has 3 heteroatoms. The van der Waals surface area contributed by atoms with E-state index in [2.05, 4.69) is 19.2 Å². The molecule has 13 heavy (non-hydrogen) atoms. The van der Waals surface area contributed by atoms with Crippen LogP contribution in [-0.4, -0.2) is 37.0 Å². The van der Waals surface area contributed by atoms with Crippen LogP contribution in [0.5, 0.6) is 0 Å². The van der Waals surface area contributed by atoms with Gasteiger partial charge < -0.3 is 15.2 Å². The molecular formula is C10H21NO2. The first-order chi connectivity index (χ1) is 6.12. The summed E-state index contributed by atoms with van der Waals surface area (Å²) >= 11 is 0. The summed E-state index contributed by atoms with van der Waals surface area (Å²) in [7, 11) is 0. The fourth-order valence-electron chi connectivity index (χ4n) is 1.57. The van der Waals surface area contributed by atoms with Crippen LogP contribution in [-0.2, 0) is 4.74 Å². The van der Waals surface area contributed by atoms with E-state index in [9.17, 15) is 5.11 Å². The van der Waals surface area contributed by atoms with Crippen LogP contribution in [0.3, 0.4) is 0 Å². The van der Waals surface area contributed by atoms with E-state index < -0.39 is 5.60 Å². The van der Waals surface area contributed by atoms with Gasteiger partial charge in [0.25, 0.3) is 0 Å². The van der Waals surface area contributed by atoms with Gasteiger partial charge in [-0.25, -0.2) is 0 Å². The largest absolute Gasteiger partial charge is 0.386 e. The lowest BCUT2D eigenvalue weighted by Crippen LogP contribution is -2.47. The van der Waals surface area contributed by atoms with Gasteiger partial charge in [0.2, 0.25) is 0 Å². The third kappa shape index (κ3) is 4.07.